The summed E-state index contributed by atoms with van der Waals surface area (Å²) in [5.74, 6) is 0. The maximum Gasteiger partial charge on any atom is 0.294 e. The first-order valence-electron chi connectivity index (χ1n) is 3.54. The van der Waals surface area contributed by atoms with Crippen molar-refractivity contribution in [1.82, 2.24) is 0 Å². The number of anilines is 2. The molecule has 1 aliphatic rings. The van der Waals surface area contributed by atoms with E-state index in [1.807, 2.05) is 6.07 Å². The molecule has 1 aliphatic heterocycles. The van der Waals surface area contributed by atoms with E-state index < -0.39 is 4.92 Å². The van der Waals surface area contributed by atoms with Crippen LogP contribution in [0.15, 0.2) is 18.2 Å². The average molecular weight is 165 g/mol. The van der Waals surface area contributed by atoms with Crippen molar-refractivity contribution < 1.29 is 4.92 Å². The topological polar surface area (TPSA) is 67.2 Å². The molecule has 0 radical (unpaired) electrons. The fourth-order valence-electron chi connectivity index (χ4n) is 1.25. The summed E-state index contributed by atoms with van der Waals surface area (Å²) >= 11 is 0. The normalized spacial score (nSPS) is 13.0. The van der Waals surface area contributed by atoms with Crippen LogP contribution < -0.4 is 10.6 Å². The lowest BCUT2D eigenvalue weighted by molar-refractivity contribution is -0.383. The van der Waals surface area contributed by atoms with Gasteiger partial charge in [-0.2, -0.15) is 0 Å². The minimum Gasteiger partial charge on any atom is -0.366 e. The van der Waals surface area contributed by atoms with Crippen molar-refractivity contribution in [3.63, 3.8) is 0 Å². The zero-order chi connectivity index (χ0) is 8.55. The number of nitro groups is 1. The number of hydrogen-bond acceptors (Lipinski definition) is 4. The Hall–Kier alpha value is -1.78. The van der Waals surface area contributed by atoms with Gasteiger partial charge in [0, 0.05) is 6.07 Å². The number of nitrogens with one attached hydrogen (secondary N) is 2. The van der Waals surface area contributed by atoms with Gasteiger partial charge in [0.1, 0.15) is 5.69 Å². The Morgan fingerprint density at radius 3 is 3.00 bits per heavy atom. The summed E-state index contributed by atoms with van der Waals surface area (Å²) in [7, 11) is 0. The van der Waals surface area contributed by atoms with E-state index in [1.165, 1.54) is 6.07 Å². The molecule has 2 rings (SSSR count). The summed E-state index contributed by atoms with van der Waals surface area (Å²) in [4.78, 5) is 10.1. The number of nitrogens with zero attached hydrogens (tertiary/aromatic N) is 1. The van der Waals surface area contributed by atoms with Gasteiger partial charge in [-0.3, -0.25) is 10.1 Å². The van der Waals surface area contributed by atoms with Crippen LogP contribution in [-0.4, -0.2) is 11.6 Å². The number of nitro benzene ring substituents is 1. The molecular weight excluding hydrogens is 158 g/mol. The first kappa shape index (κ1) is 6.90. The van der Waals surface area contributed by atoms with Gasteiger partial charge < -0.3 is 10.6 Å². The van der Waals surface area contributed by atoms with Gasteiger partial charge in [0.05, 0.1) is 17.3 Å². The van der Waals surface area contributed by atoms with Crippen molar-refractivity contribution in [1.29, 1.82) is 0 Å². The largest absolute Gasteiger partial charge is 0.366 e. The van der Waals surface area contributed by atoms with Crippen LogP contribution in [0.3, 0.4) is 0 Å². The van der Waals surface area contributed by atoms with E-state index in [9.17, 15) is 10.1 Å². The van der Waals surface area contributed by atoms with Gasteiger partial charge >= 0.3 is 0 Å². The third-order valence-electron chi connectivity index (χ3n) is 1.78. The van der Waals surface area contributed by atoms with Gasteiger partial charge in [0.25, 0.3) is 5.69 Å². The van der Waals surface area contributed by atoms with Gasteiger partial charge in [0.15, 0.2) is 0 Å². The minimum atomic E-state index is -0.390. The van der Waals surface area contributed by atoms with Crippen molar-refractivity contribution in [3.8, 4) is 0 Å². The molecule has 62 valence electrons. The molecule has 0 saturated carbocycles. The average Bonchev–Trinajstić information content (AvgIpc) is 2.49. The SMILES string of the molecule is O=[N+]([O-])c1cccc2c1NCN2. The van der Waals surface area contributed by atoms with E-state index in [0.29, 0.717) is 12.4 Å². The minimum absolute atomic E-state index is 0.123. The molecular formula is C7H7N3O2. The van der Waals surface area contributed by atoms with Crippen molar-refractivity contribution in [2.75, 3.05) is 17.3 Å². The van der Waals surface area contributed by atoms with Gasteiger partial charge in [-0.25, -0.2) is 0 Å². The quantitative estimate of drug-likeness (QED) is 0.487. The van der Waals surface area contributed by atoms with Crippen LogP contribution in [0.4, 0.5) is 17.1 Å². The Labute approximate surface area is 68.5 Å². The van der Waals surface area contributed by atoms with E-state index in [-0.39, 0.29) is 5.69 Å². The Balaban J connectivity index is 2.56. The van der Waals surface area contributed by atoms with E-state index in [4.69, 9.17) is 0 Å². The molecule has 12 heavy (non-hydrogen) atoms. The van der Waals surface area contributed by atoms with Gasteiger partial charge in [0.2, 0.25) is 0 Å². The van der Waals surface area contributed by atoms with Crippen LogP contribution in [-0.2, 0) is 0 Å². The van der Waals surface area contributed by atoms with Crippen molar-refractivity contribution in [2.45, 2.75) is 0 Å². The van der Waals surface area contributed by atoms with E-state index in [0.717, 1.165) is 5.69 Å². The second-order valence-corrected chi connectivity index (χ2v) is 2.49. The van der Waals surface area contributed by atoms with Crippen LogP contribution in [0, 0.1) is 10.1 Å². The summed E-state index contributed by atoms with van der Waals surface area (Å²) in [5.41, 5.74) is 1.50. The fraction of sp³-hybridized carbons (Fsp3) is 0.143. The summed E-state index contributed by atoms with van der Waals surface area (Å²) in [6.45, 7) is 0.556. The third-order valence-corrected chi connectivity index (χ3v) is 1.78. The smallest absolute Gasteiger partial charge is 0.294 e. The standard InChI is InChI=1S/C7H7N3O2/c11-10(12)6-3-1-2-5-7(6)9-4-8-5/h1-3,8-9H,4H2. The van der Waals surface area contributed by atoms with Crippen LogP contribution in [0.25, 0.3) is 0 Å². The highest BCUT2D eigenvalue weighted by Gasteiger charge is 2.20. The van der Waals surface area contributed by atoms with Gasteiger partial charge in [-0.15, -0.1) is 0 Å². The van der Waals surface area contributed by atoms with Gasteiger partial charge in [-0.1, -0.05) is 6.07 Å². The maximum atomic E-state index is 10.5. The van der Waals surface area contributed by atoms with E-state index >= 15 is 0 Å². The highest BCUT2D eigenvalue weighted by Crippen LogP contribution is 2.34. The molecule has 5 heteroatoms. The zero-order valence-electron chi connectivity index (χ0n) is 6.20. The number of para-hydroxylation sites is 1. The number of benzene rings is 1. The Kier molecular flexibility index (Phi) is 1.36. The Morgan fingerprint density at radius 2 is 2.25 bits per heavy atom. The molecule has 0 spiro atoms. The van der Waals surface area contributed by atoms with Crippen molar-refractivity contribution in [2.24, 2.45) is 0 Å². The molecule has 0 fully saturated rings. The van der Waals surface area contributed by atoms with Crippen molar-refractivity contribution in [3.05, 3.63) is 28.3 Å². The van der Waals surface area contributed by atoms with Crippen LogP contribution in [0.1, 0.15) is 0 Å². The molecule has 5 nitrogen and oxygen atoms in total. The van der Waals surface area contributed by atoms with Crippen LogP contribution >= 0.6 is 0 Å². The second kappa shape index (κ2) is 2.37. The number of rotatable bonds is 1. The summed E-state index contributed by atoms with van der Waals surface area (Å²) < 4.78 is 0. The molecule has 0 atom stereocenters. The predicted octanol–water partition coefficient (Wildman–Crippen LogP) is 1.39. The van der Waals surface area contributed by atoms with Crippen molar-refractivity contribution >= 4 is 17.1 Å². The number of hydrogen-bond donors (Lipinski definition) is 2. The molecule has 0 unspecified atom stereocenters. The fourth-order valence-corrected chi connectivity index (χ4v) is 1.25. The maximum absolute atomic E-state index is 10.5. The van der Waals surface area contributed by atoms with Crippen LogP contribution in [0.2, 0.25) is 0 Å². The second-order valence-electron chi connectivity index (χ2n) is 2.49. The highest BCUT2D eigenvalue weighted by molar-refractivity contribution is 5.81. The lowest BCUT2D eigenvalue weighted by atomic mass is 10.2. The molecule has 1 aromatic rings. The van der Waals surface area contributed by atoms with E-state index in [1.54, 1.807) is 6.07 Å². The molecule has 0 amide bonds. The highest BCUT2D eigenvalue weighted by atomic mass is 16.6. The van der Waals surface area contributed by atoms with Gasteiger partial charge in [-0.05, 0) is 6.07 Å². The van der Waals surface area contributed by atoms with E-state index in [2.05, 4.69) is 10.6 Å². The molecule has 1 heterocycles. The summed E-state index contributed by atoms with van der Waals surface area (Å²) in [6, 6.07) is 4.96. The Morgan fingerprint density at radius 1 is 1.42 bits per heavy atom. The molecule has 2 N–H and O–H groups in total. The summed E-state index contributed by atoms with van der Waals surface area (Å²) in [6.07, 6.45) is 0. The lowest BCUT2D eigenvalue weighted by Gasteiger charge is -1.98. The zero-order valence-corrected chi connectivity index (χ0v) is 6.20. The van der Waals surface area contributed by atoms with Crippen LogP contribution in [0.5, 0.6) is 0 Å². The molecule has 0 bridgehead atoms. The first-order chi connectivity index (χ1) is 5.79. The molecule has 0 aromatic heterocycles. The summed E-state index contributed by atoms with van der Waals surface area (Å²) in [5, 5.41) is 16.4. The monoisotopic (exact) mass is 165 g/mol. The lowest BCUT2D eigenvalue weighted by Crippen LogP contribution is -2.00. The third kappa shape index (κ3) is 0.868. The first-order valence-corrected chi connectivity index (χ1v) is 3.54. The predicted molar refractivity (Wildman–Crippen MR) is 45.2 cm³/mol. The molecule has 1 aromatic carbocycles. The number of fused-ring (bicyclic) bond motifs is 1. The molecule has 0 saturated heterocycles. The molecule has 0 aliphatic carbocycles. The Bertz CT molecular complexity index is 337.